The second-order valence-electron chi connectivity index (χ2n) is 4.19. The second kappa shape index (κ2) is 7.21. The predicted molar refractivity (Wildman–Crippen MR) is 89.8 cm³/mol. The Labute approximate surface area is 133 Å². The van der Waals surface area contributed by atoms with Crippen LogP contribution in [-0.4, -0.2) is 10.9 Å². The molecule has 0 fully saturated rings. The summed E-state index contributed by atoms with van der Waals surface area (Å²) in [5, 5.41) is 0.756. The summed E-state index contributed by atoms with van der Waals surface area (Å²) >= 11 is 9.14. The monoisotopic (exact) mass is 322 g/mol. The maximum Gasteiger partial charge on any atom is 0.190 e. The largest absolute Gasteiger partial charge is 0.287 e. The van der Waals surface area contributed by atoms with Crippen molar-refractivity contribution in [2.45, 2.75) is 23.6 Å². The van der Waals surface area contributed by atoms with Gasteiger partial charge in [0.15, 0.2) is 5.12 Å². The molecular formula is C16H15ClOS2. The van der Waals surface area contributed by atoms with Gasteiger partial charge >= 0.3 is 0 Å². The molecule has 0 heterocycles. The Hall–Kier alpha value is -0.900. The van der Waals surface area contributed by atoms with Crippen molar-refractivity contribution in [2.24, 2.45) is 0 Å². The van der Waals surface area contributed by atoms with Gasteiger partial charge in [0, 0.05) is 21.7 Å². The summed E-state index contributed by atoms with van der Waals surface area (Å²) in [6, 6.07) is 14.0. The molecule has 0 N–H and O–H groups in total. The Morgan fingerprint density at radius 1 is 1.15 bits per heavy atom. The number of rotatable bonds is 4. The van der Waals surface area contributed by atoms with Crippen LogP contribution in [0.1, 0.15) is 13.8 Å². The van der Waals surface area contributed by atoms with E-state index in [1.54, 1.807) is 6.92 Å². The van der Waals surface area contributed by atoms with Crippen molar-refractivity contribution < 1.29 is 4.79 Å². The molecule has 2 rings (SSSR count). The minimum absolute atomic E-state index is 0.0757. The molecule has 0 bridgehead atoms. The highest BCUT2D eigenvalue weighted by molar-refractivity contribution is 8.13. The number of carbonyl (C=O) groups is 1. The van der Waals surface area contributed by atoms with Gasteiger partial charge in [-0.05, 0) is 47.2 Å². The number of benzene rings is 2. The molecule has 20 heavy (non-hydrogen) atoms. The van der Waals surface area contributed by atoms with Crippen LogP contribution in [0.3, 0.4) is 0 Å². The lowest BCUT2D eigenvalue weighted by Gasteiger charge is -2.09. The molecule has 0 spiro atoms. The predicted octanol–water partition coefficient (Wildman–Crippen LogP) is 5.76. The third-order valence-electron chi connectivity index (χ3n) is 2.67. The van der Waals surface area contributed by atoms with Gasteiger partial charge in [-0.25, -0.2) is 0 Å². The fraction of sp³-hybridized carbons (Fsp3) is 0.188. The van der Waals surface area contributed by atoms with E-state index >= 15 is 0 Å². The molecule has 2 aromatic rings. The highest BCUT2D eigenvalue weighted by atomic mass is 35.5. The van der Waals surface area contributed by atoms with Crippen molar-refractivity contribution in [1.29, 1.82) is 0 Å². The molecule has 0 radical (unpaired) electrons. The van der Waals surface area contributed by atoms with Crippen molar-refractivity contribution in [3.8, 4) is 11.1 Å². The Morgan fingerprint density at radius 2 is 1.85 bits per heavy atom. The van der Waals surface area contributed by atoms with Crippen molar-refractivity contribution >= 4 is 40.2 Å². The summed E-state index contributed by atoms with van der Waals surface area (Å²) in [7, 11) is 0. The molecule has 1 nitrogen and oxygen atoms in total. The quantitative estimate of drug-likeness (QED) is 0.666. The Morgan fingerprint density at radius 3 is 2.45 bits per heavy atom. The van der Waals surface area contributed by atoms with E-state index in [9.17, 15) is 4.79 Å². The number of halogens is 1. The molecule has 0 unspecified atom stereocenters. The van der Waals surface area contributed by atoms with Gasteiger partial charge in [-0.2, -0.15) is 0 Å². The molecule has 4 heteroatoms. The zero-order chi connectivity index (χ0) is 14.5. The number of hydrogen-bond acceptors (Lipinski definition) is 3. The minimum atomic E-state index is 0.0757. The Kier molecular flexibility index (Phi) is 5.58. The van der Waals surface area contributed by atoms with Crippen LogP contribution in [-0.2, 0) is 4.79 Å². The van der Waals surface area contributed by atoms with Gasteiger partial charge in [-0.15, -0.1) is 11.8 Å². The molecule has 0 aliphatic rings. The fourth-order valence-corrected chi connectivity index (χ4v) is 3.44. The minimum Gasteiger partial charge on any atom is -0.287 e. The van der Waals surface area contributed by atoms with Gasteiger partial charge in [0.25, 0.3) is 0 Å². The van der Waals surface area contributed by atoms with Crippen LogP contribution in [0, 0.1) is 0 Å². The van der Waals surface area contributed by atoms with Gasteiger partial charge in [0.2, 0.25) is 0 Å². The summed E-state index contributed by atoms with van der Waals surface area (Å²) in [6.07, 6.45) is 0. The first-order valence-corrected chi connectivity index (χ1v) is 8.49. The lowest BCUT2D eigenvalue weighted by atomic mass is 10.1. The summed E-state index contributed by atoms with van der Waals surface area (Å²) in [6.45, 7) is 3.71. The van der Waals surface area contributed by atoms with E-state index in [4.69, 9.17) is 11.6 Å². The molecule has 0 aromatic heterocycles. The van der Waals surface area contributed by atoms with Gasteiger partial charge in [-0.3, -0.25) is 4.79 Å². The van der Waals surface area contributed by atoms with Crippen LogP contribution in [0.4, 0.5) is 0 Å². The molecule has 2 aromatic carbocycles. The average molecular weight is 323 g/mol. The first-order chi connectivity index (χ1) is 9.60. The van der Waals surface area contributed by atoms with Gasteiger partial charge in [0.05, 0.1) is 0 Å². The van der Waals surface area contributed by atoms with Crippen molar-refractivity contribution in [1.82, 2.24) is 0 Å². The molecule has 0 atom stereocenters. The molecular weight excluding hydrogens is 308 g/mol. The van der Waals surface area contributed by atoms with Crippen LogP contribution in [0.5, 0.6) is 0 Å². The fourth-order valence-electron chi connectivity index (χ4n) is 1.87. The van der Waals surface area contributed by atoms with E-state index in [-0.39, 0.29) is 5.12 Å². The summed E-state index contributed by atoms with van der Waals surface area (Å²) in [5.41, 5.74) is 2.09. The van der Waals surface area contributed by atoms with Gasteiger partial charge in [0.1, 0.15) is 0 Å². The first kappa shape index (κ1) is 15.5. The average Bonchev–Trinajstić information content (AvgIpc) is 2.42. The SMILES string of the molecule is CCSc1ccc(-c2cc(Cl)ccc2SC(C)=O)cc1. The highest BCUT2D eigenvalue weighted by Gasteiger charge is 2.09. The van der Waals surface area contributed by atoms with Gasteiger partial charge < -0.3 is 0 Å². The number of hydrogen-bond donors (Lipinski definition) is 0. The van der Waals surface area contributed by atoms with Crippen LogP contribution in [0.25, 0.3) is 11.1 Å². The number of carbonyl (C=O) groups excluding carboxylic acids is 1. The highest BCUT2D eigenvalue weighted by Crippen LogP contribution is 2.34. The molecule has 0 saturated heterocycles. The Bertz CT molecular complexity index is 608. The van der Waals surface area contributed by atoms with Crippen molar-refractivity contribution in [3.63, 3.8) is 0 Å². The third kappa shape index (κ3) is 4.05. The van der Waals surface area contributed by atoms with Crippen LogP contribution in [0.15, 0.2) is 52.3 Å². The zero-order valence-corrected chi connectivity index (χ0v) is 13.7. The second-order valence-corrected chi connectivity index (χ2v) is 7.18. The number of thioether (sulfide) groups is 2. The molecule has 0 amide bonds. The Balaban J connectivity index is 2.39. The van der Waals surface area contributed by atoms with E-state index < -0.39 is 0 Å². The third-order valence-corrected chi connectivity index (χ3v) is 4.66. The molecule has 104 valence electrons. The van der Waals surface area contributed by atoms with Crippen LogP contribution < -0.4 is 0 Å². The summed E-state index contributed by atoms with van der Waals surface area (Å²) < 4.78 is 0. The van der Waals surface area contributed by atoms with E-state index in [0.29, 0.717) is 5.02 Å². The maximum atomic E-state index is 11.3. The van der Waals surface area contributed by atoms with Crippen molar-refractivity contribution in [3.05, 3.63) is 47.5 Å². The smallest absolute Gasteiger partial charge is 0.190 e. The van der Waals surface area contributed by atoms with Crippen LogP contribution in [0.2, 0.25) is 5.02 Å². The van der Waals surface area contributed by atoms with E-state index in [2.05, 4.69) is 31.2 Å². The zero-order valence-electron chi connectivity index (χ0n) is 11.4. The van der Waals surface area contributed by atoms with Crippen molar-refractivity contribution in [2.75, 3.05) is 5.75 Å². The van der Waals surface area contributed by atoms with Crippen LogP contribution >= 0.6 is 35.1 Å². The first-order valence-electron chi connectivity index (χ1n) is 6.31. The summed E-state index contributed by atoms with van der Waals surface area (Å²) in [5.74, 6) is 1.06. The molecule has 0 aliphatic carbocycles. The normalized spacial score (nSPS) is 10.6. The molecule has 0 aliphatic heterocycles. The van der Waals surface area contributed by atoms with E-state index in [1.165, 1.54) is 16.7 Å². The lowest BCUT2D eigenvalue weighted by molar-refractivity contribution is -0.109. The lowest BCUT2D eigenvalue weighted by Crippen LogP contribution is -1.87. The standard InChI is InChI=1S/C16H15ClOS2/c1-3-19-14-7-4-12(5-8-14)15-10-13(17)6-9-16(15)20-11(2)18/h4-10H,3H2,1-2H3. The summed E-state index contributed by atoms with van der Waals surface area (Å²) in [4.78, 5) is 13.5. The topological polar surface area (TPSA) is 17.1 Å². The molecule has 0 saturated carbocycles. The maximum absolute atomic E-state index is 11.3. The van der Waals surface area contributed by atoms with Gasteiger partial charge in [-0.1, -0.05) is 42.4 Å². The van der Waals surface area contributed by atoms with E-state index in [1.807, 2.05) is 30.0 Å². The van der Waals surface area contributed by atoms with E-state index in [0.717, 1.165) is 21.8 Å².